The van der Waals surface area contributed by atoms with Gasteiger partial charge in [-0.2, -0.15) is 0 Å². The van der Waals surface area contributed by atoms with Gasteiger partial charge in [0.05, 0.1) is 27.8 Å². The average Bonchev–Trinajstić information content (AvgIpc) is 3.83. The molecule has 2 fully saturated rings. The minimum Gasteiger partial charge on any atom is -0.478 e. The second kappa shape index (κ2) is 7.91. The van der Waals surface area contributed by atoms with Gasteiger partial charge < -0.3 is 9.52 Å². The molecule has 3 aromatic carbocycles. The summed E-state index contributed by atoms with van der Waals surface area (Å²) in [6.45, 7) is 0. The molecule has 5 aromatic rings. The third-order valence-electron chi connectivity index (χ3n) is 7.34. The Morgan fingerprint density at radius 3 is 2.49 bits per heavy atom. The zero-order chi connectivity index (χ0) is 25.3. The van der Waals surface area contributed by atoms with Crippen LogP contribution in [0.3, 0.4) is 0 Å². The predicted octanol–water partition coefficient (Wildman–Crippen LogP) is 5.61. The van der Waals surface area contributed by atoms with Gasteiger partial charge in [0.1, 0.15) is 0 Å². The van der Waals surface area contributed by atoms with Gasteiger partial charge in [-0.25, -0.2) is 9.59 Å². The molecule has 2 aromatic heterocycles. The Balaban J connectivity index is 1.36. The summed E-state index contributed by atoms with van der Waals surface area (Å²) in [6.07, 6.45) is 3.63. The first-order valence-electron chi connectivity index (χ1n) is 12.2. The Morgan fingerprint density at radius 1 is 1.00 bits per heavy atom. The van der Waals surface area contributed by atoms with Crippen molar-refractivity contribution in [1.82, 2.24) is 19.3 Å². The highest BCUT2D eigenvalue weighted by molar-refractivity contribution is 6.31. The van der Waals surface area contributed by atoms with Crippen LogP contribution in [0.4, 0.5) is 0 Å². The molecule has 0 aliphatic heterocycles. The van der Waals surface area contributed by atoms with E-state index in [4.69, 9.17) is 16.0 Å². The number of carboxylic acids is 1. The normalized spacial score (nSPS) is 16.2. The second-order valence-corrected chi connectivity index (χ2v) is 10.2. The van der Waals surface area contributed by atoms with Gasteiger partial charge in [0.25, 0.3) is 0 Å². The molecule has 2 aliphatic carbocycles. The summed E-state index contributed by atoms with van der Waals surface area (Å²) in [7, 11) is 0. The Hall–Kier alpha value is -4.17. The lowest BCUT2D eigenvalue weighted by Gasteiger charge is -2.18. The summed E-state index contributed by atoms with van der Waals surface area (Å²) in [5.41, 5.74) is 3.06. The van der Waals surface area contributed by atoms with Gasteiger partial charge in [0.2, 0.25) is 11.8 Å². The number of imidazole rings is 1. The van der Waals surface area contributed by atoms with Gasteiger partial charge in [-0.15, -0.1) is 10.2 Å². The summed E-state index contributed by atoms with van der Waals surface area (Å²) in [4.78, 5) is 25.7. The molecule has 0 bridgehead atoms. The maximum Gasteiger partial charge on any atom is 0.335 e. The number of carbonyl (C=O) groups is 1. The number of nitrogens with zero attached hydrogens (tertiary/aromatic N) is 4. The van der Waals surface area contributed by atoms with Crippen molar-refractivity contribution in [1.29, 1.82) is 0 Å². The third kappa shape index (κ3) is 3.51. The summed E-state index contributed by atoms with van der Waals surface area (Å²) in [5, 5.41) is 18.4. The highest BCUT2D eigenvalue weighted by Gasteiger charge is 2.49. The van der Waals surface area contributed by atoms with E-state index in [-0.39, 0.29) is 11.3 Å². The molecule has 0 unspecified atom stereocenters. The number of rotatable bonds is 6. The van der Waals surface area contributed by atoms with Crippen LogP contribution in [-0.4, -0.2) is 30.4 Å². The van der Waals surface area contributed by atoms with E-state index in [1.54, 1.807) is 39.5 Å². The van der Waals surface area contributed by atoms with Crippen LogP contribution in [0.25, 0.3) is 28.2 Å². The molecular weight excluding hydrogens is 492 g/mol. The topological polar surface area (TPSA) is 103 Å². The molecule has 0 radical (unpaired) electrons. The fourth-order valence-corrected chi connectivity index (χ4v) is 5.30. The molecule has 0 saturated heterocycles. The minimum absolute atomic E-state index is 0.199. The van der Waals surface area contributed by atoms with Gasteiger partial charge in [0.15, 0.2) is 0 Å². The monoisotopic (exact) mass is 512 g/mol. The fourth-order valence-electron chi connectivity index (χ4n) is 5.14. The van der Waals surface area contributed by atoms with Crippen molar-refractivity contribution in [3.8, 4) is 17.1 Å². The molecule has 0 atom stereocenters. The van der Waals surface area contributed by atoms with E-state index in [1.165, 1.54) is 0 Å². The lowest BCUT2D eigenvalue weighted by atomic mass is 10.0. The summed E-state index contributed by atoms with van der Waals surface area (Å²) < 4.78 is 9.26. The third-order valence-corrected chi connectivity index (χ3v) is 7.58. The van der Waals surface area contributed by atoms with E-state index >= 15 is 0 Å². The molecule has 1 N–H and O–H groups in total. The lowest BCUT2D eigenvalue weighted by molar-refractivity contribution is 0.0696. The number of aromatic nitrogens is 4. The van der Waals surface area contributed by atoms with Crippen LogP contribution in [0.1, 0.15) is 53.4 Å². The first kappa shape index (κ1) is 22.1. The van der Waals surface area contributed by atoms with Crippen molar-refractivity contribution in [2.75, 3.05) is 0 Å². The molecule has 37 heavy (non-hydrogen) atoms. The summed E-state index contributed by atoms with van der Waals surface area (Å²) in [6, 6.07) is 19.7. The van der Waals surface area contributed by atoms with E-state index < -0.39 is 11.5 Å². The first-order chi connectivity index (χ1) is 17.9. The van der Waals surface area contributed by atoms with E-state index in [2.05, 4.69) is 10.2 Å². The van der Waals surface area contributed by atoms with Gasteiger partial charge in [-0.3, -0.25) is 9.13 Å². The SMILES string of the molecule is O=C(O)c1cccc(C2(n3c(=O)n(-c4ccc(-c5nnc(C6CC6)o5)cc4)c4cc(Cl)ccc43)CC2)c1. The van der Waals surface area contributed by atoms with E-state index in [9.17, 15) is 14.7 Å². The Kier molecular flexibility index (Phi) is 4.72. The van der Waals surface area contributed by atoms with Crippen LogP contribution >= 0.6 is 11.6 Å². The number of aromatic carboxylic acids is 1. The quantitative estimate of drug-likeness (QED) is 0.317. The number of carboxylic acid groups (broad SMARTS) is 1. The molecule has 2 saturated carbocycles. The predicted molar refractivity (Wildman–Crippen MR) is 138 cm³/mol. The number of hydrogen-bond acceptors (Lipinski definition) is 5. The second-order valence-electron chi connectivity index (χ2n) is 9.77. The smallest absolute Gasteiger partial charge is 0.335 e. The number of fused-ring (bicyclic) bond motifs is 1. The van der Waals surface area contributed by atoms with Crippen molar-refractivity contribution in [3.05, 3.63) is 99.3 Å². The standard InChI is InChI=1S/C28H21ClN4O4/c29-20-8-11-22-23(15-20)32(21-9-6-17(7-10-21)25-31-30-24(37-25)16-4-5-16)27(36)33(22)28(12-13-28)19-3-1-2-18(14-19)26(34)35/h1-3,6-11,14-16H,4-5,12-13H2,(H,34,35). The van der Waals surface area contributed by atoms with Gasteiger partial charge >= 0.3 is 11.7 Å². The van der Waals surface area contributed by atoms with Gasteiger partial charge in [-0.05, 0) is 85.8 Å². The average molecular weight is 513 g/mol. The lowest BCUT2D eigenvalue weighted by Crippen LogP contribution is -2.32. The van der Waals surface area contributed by atoms with E-state index in [0.29, 0.717) is 33.9 Å². The zero-order valence-corrected chi connectivity index (χ0v) is 20.4. The van der Waals surface area contributed by atoms with Crippen molar-refractivity contribution < 1.29 is 14.3 Å². The Bertz CT molecular complexity index is 1760. The molecule has 184 valence electrons. The maximum absolute atomic E-state index is 14.0. The first-order valence-corrected chi connectivity index (χ1v) is 12.5. The molecule has 8 nitrogen and oxygen atoms in total. The Labute approximate surface area is 215 Å². The van der Waals surface area contributed by atoms with Crippen LogP contribution in [0.5, 0.6) is 0 Å². The van der Waals surface area contributed by atoms with Gasteiger partial charge in [-0.1, -0.05) is 23.7 Å². The number of halogens is 1. The molecule has 0 amide bonds. The van der Waals surface area contributed by atoms with E-state index in [1.807, 2.05) is 36.4 Å². The largest absolute Gasteiger partial charge is 0.478 e. The van der Waals surface area contributed by atoms with Crippen LogP contribution in [0.2, 0.25) is 5.02 Å². The van der Waals surface area contributed by atoms with E-state index in [0.717, 1.165) is 42.3 Å². The number of hydrogen-bond donors (Lipinski definition) is 1. The number of benzene rings is 3. The molecule has 2 aliphatic rings. The summed E-state index contributed by atoms with van der Waals surface area (Å²) >= 11 is 6.36. The molecule has 7 rings (SSSR count). The minimum atomic E-state index is -0.996. The Morgan fingerprint density at radius 2 is 1.78 bits per heavy atom. The van der Waals surface area contributed by atoms with Crippen molar-refractivity contribution in [3.63, 3.8) is 0 Å². The van der Waals surface area contributed by atoms with Gasteiger partial charge in [0, 0.05) is 16.5 Å². The maximum atomic E-state index is 14.0. The van der Waals surface area contributed by atoms with Crippen LogP contribution in [0.15, 0.2) is 75.9 Å². The van der Waals surface area contributed by atoms with Crippen LogP contribution in [-0.2, 0) is 5.54 Å². The van der Waals surface area contributed by atoms with Crippen molar-refractivity contribution in [2.45, 2.75) is 37.1 Å². The fraction of sp³-hybridized carbons (Fsp3) is 0.214. The molecule has 9 heteroatoms. The van der Waals surface area contributed by atoms with Crippen molar-refractivity contribution >= 4 is 28.6 Å². The molecular formula is C28H21ClN4O4. The zero-order valence-electron chi connectivity index (χ0n) is 19.6. The highest BCUT2D eigenvalue weighted by atomic mass is 35.5. The molecule has 0 spiro atoms. The van der Waals surface area contributed by atoms with Crippen LogP contribution in [0, 0.1) is 0 Å². The molecule has 2 heterocycles. The van der Waals surface area contributed by atoms with Crippen molar-refractivity contribution in [2.24, 2.45) is 0 Å². The van der Waals surface area contributed by atoms with Crippen LogP contribution < -0.4 is 5.69 Å². The summed E-state index contributed by atoms with van der Waals surface area (Å²) in [5.74, 6) is 0.516. The highest BCUT2D eigenvalue weighted by Crippen LogP contribution is 2.50.